The van der Waals surface area contributed by atoms with E-state index >= 15 is 0 Å². The van der Waals surface area contributed by atoms with Gasteiger partial charge in [0, 0.05) is 6.42 Å². The second-order valence-electron chi connectivity index (χ2n) is 2.15. The van der Waals surface area contributed by atoms with Crippen LogP contribution >= 0.6 is 12.2 Å². The van der Waals surface area contributed by atoms with Gasteiger partial charge in [-0.05, 0) is 25.1 Å². The summed E-state index contributed by atoms with van der Waals surface area (Å²) in [5.41, 5.74) is 0. The number of hydrogen-bond donors (Lipinski definition) is 0. The molecule has 0 unspecified atom stereocenters. The number of hydrogen-bond acceptors (Lipinski definition) is 2. The Bertz CT molecular complexity index is 140. The monoisotopic (exact) mass is 170 g/mol. The van der Waals surface area contributed by atoms with Gasteiger partial charge in [0.15, 0.2) is 5.05 Å². The molecule has 0 bridgehead atoms. The van der Waals surface area contributed by atoms with Crippen LogP contribution in [-0.2, 0) is 4.74 Å². The normalized spacial score (nSPS) is 8.73. The van der Waals surface area contributed by atoms with E-state index in [4.69, 9.17) is 17.0 Å². The van der Waals surface area contributed by atoms with Crippen LogP contribution in [0.5, 0.6) is 0 Å². The van der Waals surface area contributed by atoms with E-state index in [1.54, 1.807) is 6.08 Å². The third-order valence-corrected chi connectivity index (χ3v) is 1.47. The maximum atomic E-state index is 5.12. The fourth-order valence-electron chi connectivity index (χ4n) is 0.615. The van der Waals surface area contributed by atoms with Crippen molar-refractivity contribution in [2.24, 2.45) is 0 Å². The molecule has 11 heavy (non-hydrogen) atoms. The fraction of sp³-hybridized carbons (Fsp3) is 0.444. The molecule has 0 aliphatic carbocycles. The van der Waals surface area contributed by atoms with Gasteiger partial charge in [-0.15, -0.1) is 6.58 Å². The predicted molar refractivity (Wildman–Crippen MR) is 52.8 cm³/mol. The van der Waals surface area contributed by atoms with Crippen molar-refractivity contribution in [1.29, 1.82) is 0 Å². The highest BCUT2D eigenvalue weighted by Gasteiger charge is 1.93. The first-order chi connectivity index (χ1) is 5.31. The molecule has 0 radical (unpaired) electrons. The summed E-state index contributed by atoms with van der Waals surface area (Å²) in [5.74, 6) is 0. The van der Waals surface area contributed by atoms with Gasteiger partial charge >= 0.3 is 0 Å². The van der Waals surface area contributed by atoms with Gasteiger partial charge in [-0.2, -0.15) is 0 Å². The van der Waals surface area contributed by atoms with Crippen LogP contribution in [0.3, 0.4) is 0 Å². The van der Waals surface area contributed by atoms with Crippen molar-refractivity contribution >= 4 is 17.3 Å². The van der Waals surface area contributed by atoms with Crippen molar-refractivity contribution in [2.45, 2.75) is 19.3 Å². The van der Waals surface area contributed by atoms with Gasteiger partial charge in [-0.25, -0.2) is 0 Å². The molecule has 2 heteroatoms. The Balaban J connectivity index is 3.21. The summed E-state index contributed by atoms with van der Waals surface area (Å²) < 4.78 is 5.12. The van der Waals surface area contributed by atoms with Crippen molar-refractivity contribution in [2.75, 3.05) is 6.61 Å². The fourth-order valence-corrected chi connectivity index (χ4v) is 0.827. The van der Waals surface area contributed by atoms with E-state index in [1.807, 2.05) is 6.08 Å². The van der Waals surface area contributed by atoms with Crippen LogP contribution in [0.4, 0.5) is 0 Å². The van der Waals surface area contributed by atoms with E-state index in [2.05, 4.69) is 13.2 Å². The van der Waals surface area contributed by atoms with E-state index in [0.717, 1.165) is 19.3 Å². The number of rotatable bonds is 6. The molecule has 0 amide bonds. The van der Waals surface area contributed by atoms with E-state index in [9.17, 15) is 0 Å². The highest BCUT2D eigenvalue weighted by Crippen LogP contribution is 1.99. The van der Waals surface area contributed by atoms with Gasteiger partial charge in [-0.3, -0.25) is 0 Å². The first-order valence-electron chi connectivity index (χ1n) is 3.68. The minimum absolute atomic E-state index is 0.521. The Labute approximate surface area is 73.8 Å². The molecule has 0 aliphatic rings. The zero-order valence-corrected chi connectivity index (χ0v) is 7.53. The van der Waals surface area contributed by atoms with Crippen LogP contribution < -0.4 is 0 Å². The molecule has 0 saturated heterocycles. The molecule has 0 heterocycles. The van der Waals surface area contributed by atoms with Crippen molar-refractivity contribution in [3.63, 3.8) is 0 Å². The van der Waals surface area contributed by atoms with E-state index in [-0.39, 0.29) is 0 Å². The molecule has 0 aromatic carbocycles. The summed E-state index contributed by atoms with van der Waals surface area (Å²) in [5, 5.41) is 0.673. The van der Waals surface area contributed by atoms with Gasteiger partial charge in [-0.1, -0.05) is 18.7 Å². The quantitative estimate of drug-likeness (QED) is 0.344. The summed E-state index contributed by atoms with van der Waals surface area (Å²) in [6.07, 6.45) is 6.45. The lowest BCUT2D eigenvalue weighted by Crippen LogP contribution is -2.00. The topological polar surface area (TPSA) is 9.23 Å². The third kappa shape index (κ3) is 7.26. The van der Waals surface area contributed by atoms with Crippen molar-refractivity contribution in [3.8, 4) is 0 Å². The summed E-state index contributed by atoms with van der Waals surface area (Å²) in [4.78, 5) is 0. The Morgan fingerprint density at radius 1 is 1.36 bits per heavy atom. The summed E-state index contributed by atoms with van der Waals surface area (Å²) in [6.45, 7) is 7.67. The first-order valence-corrected chi connectivity index (χ1v) is 4.09. The Hall–Kier alpha value is -0.630. The smallest absolute Gasteiger partial charge is 0.160 e. The van der Waals surface area contributed by atoms with Gasteiger partial charge < -0.3 is 4.74 Å². The standard InChI is InChI=1S/C9H14OS/c1-3-5-6-7-9(11)10-8-4-2/h3-4H,1-2,5-8H2. The number of allylic oxidation sites excluding steroid dienone is 1. The maximum Gasteiger partial charge on any atom is 0.160 e. The van der Waals surface area contributed by atoms with Crippen molar-refractivity contribution in [1.82, 2.24) is 0 Å². The molecule has 0 aliphatic heterocycles. The average Bonchev–Trinajstić information content (AvgIpc) is 2.01. The maximum absolute atomic E-state index is 5.12. The van der Waals surface area contributed by atoms with Gasteiger partial charge in [0.25, 0.3) is 0 Å². The molecule has 0 rings (SSSR count). The predicted octanol–water partition coefficient (Wildman–Crippen LogP) is 2.87. The van der Waals surface area contributed by atoms with Crippen LogP contribution in [0.25, 0.3) is 0 Å². The van der Waals surface area contributed by atoms with Crippen molar-refractivity contribution < 1.29 is 4.74 Å². The second kappa shape index (κ2) is 7.48. The first kappa shape index (κ1) is 10.4. The highest BCUT2D eigenvalue weighted by atomic mass is 32.1. The van der Waals surface area contributed by atoms with Gasteiger partial charge in [0.2, 0.25) is 0 Å². The second-order valence-corrected chi connectivity index (χ2v) is 2.61. The molecule has 62 valence electrons. The van der Waals surface area contributed by atoms with E-state index < -0.39 is 0 Å². The Morgan fingerprint density at radius 3 is 2.64 bits per heavy atom. The van der Waals surface area contributed by atoms with Crippen LogP contribution in [0.1, 0.15) is 19.3 Å². The molecule has 0 atom stereocenters. The van der Waals surface area contributed by atoms with Crippen molar-refractivity contribution in [3.05, 3.63) is 25.3 Å². The van der Waals surface area contributed by atoms with Gasteiger partial charge in [0.05, 0.1) is 0 Å². The summed E-state index contributed by atoms with van der Waals surface area (Å²) in [6, 6.07) is 0. The van der Waals surface area contributed by atoms with Gasteiger partial charge in [0.1, 0.15) is 6.61 Å². The molecule has 0 aromatic heterocycles. The van der Waals surface area contributed by atoms with Crippen LogP contribution in [0, 0.1) is 0 Å². The zero-order valence-electron chi connectivity index (χ0n) is 6.71. The number of ether oxygens (including phenoxy) is 1. The molecule has 0 N–H and O–H groups in total. The lowest BCUT2D eigenvalue weighted by Gasteiger charge is -2.02. The lowest BCUT2D eigenvalue weighted by molar-refractivity contribution is 0.349. The third-order valence-electron chi connectivity index (χ3n) is 1.15. The molecular weight excluding hydrogens is 156 g/mol. The summed E-state index contributed by atoms with van der Waals surface area (Å²) in [7, 11) is 0. The number of thiocarbonyl (C=S) groups is 1. The molecule has 0 spiro atoms. The largest absolute Gasteiger partial charge is 0.483 e. The SMILES string of the molecule is C=CCCCC(=S)OCC=C. The molecule has 1 nitrogen and oxygen atoms in total. The Morgan fingerprint density at radius 2 is 2.09 bits per heavy atom. The molecular formula is C9H14OS. The number of unbranched alkanes of at least 4 members (excludes halogenated alkanes) is 1. The molecule has 0 fully saturated rings. The summed E-state index contributed by atoms with van der Waals surface area (Å²) >= 11 is 4.93. The van der Waals surface area contributed by atoms with E-state index in [1.165, 1.54) is 0 Å². The zero-order chi connectivity index (χ0) is 8.53. The minimum atomic E-state index is 0.521. The Kier molecular flexibility index (Phi) is 7.05. The molecule has 0 aromatic rings. The average molecular weight is 170 g/mol. The lowest BCUT2D eigenvalue weighted by atomic mass is 10.2. The minimum Gasteiger partial charge on any atom is -0.483 e. The highest BCUT2D eigenvalue weighted by molar-refractivity contribution is 7.80. The van der Waals surface area contributed by atoms with Crippen LogP contribution in [0.2, 0.25) is 0 Å². The van der Waals surface area contributed by atoms with E-state index in [0.29, 0.717) is 11.7 Å². The van der Waals surface area contributed by atoms with Crippen LogP contribution in [-0.4, -0.2) is 11.7 Å². The molecule has 0 saturated carbocycles. The van der Waals surface area contributed by atoms with Crippen LogP contribution in [0.15, 0.2) is 25.3 Å².